The molecule has 1 N–H and O–H groups in total. The van der Waals surface area contributed by atoms with E-state index in [9.17, 15) is 4.79 Å². The maximum Gasteiger partial charge on any atom is 0.303 e. The summed E-state index contributed by atoms with van der Waals surface area (Å²) in [7, 11) is 0. The predicted octanol–water partition coefficient (Wildman–Crippen LogP) is 3.59. The van der Waals surface area contributed by atoms with Gasteiger partial charge in [0.05, 0.1) is 4.47 Å². The first-order valence-corrected chi connectivity index (χ1v) is 8.28. The summed E-state index contributed by atoms with van der Waals surface area (Å²) in [6.07, 6.45) is 2.99. The highest BCUT2D eigenvalue weighted by molar-refractivity contribution is 9.10. The molecular weight excluding hydrogens is 358 g/mol. The standard InChI is InChI=1S/C15H19BrClNO3/c16-13-10-12(17)9-11(3-4-14(19)20)15(13)21-8-7-18-5-1-2-6-18/h9-10H,1-8H2,(H,19,20). The van der Waals surface area contributed by atoms with Gasteiger partial charge in [-0.1, -0.05) is 11.6 Å². The number of ether oxygens (including phenoxy) is 1. The number of halogens is 2. The van der Waals surface area contributed by atoms with Gasteiger partial charge in [-0.15, -0.1) is 0 Å². The summed E-state index contributed by atoms with van der Waals surface area (Å²) in [4.78, 5) is 13.1. The van der Waals surface area contributed by atoms with E-state index in [0.717, 1.165) is 29.7 Å². The molecule has 0 spiro atoms. The van der Waals surface area contributed by atoms with Gasteiger partial charge in [0, 0.05) is 18.0 Å². The van der Waals surface area contributed by atoms with Gasteiger partial charge in [-0.2, -0.15) is 0 Å². The third-order valence-corrected chi connectivity index (χ3v) is 4.35. The van der Waals surface area contributed by atoms with Gasteiger partial charge in [0.15, 0.2) is 0 Å². The van der Waals surface area contributed by atoms with Crippen molar-refractivity contribution in [2.45, 2.75) is 25.7 Å². The van der Waals surface area contributed by atoms with E-state index in [1.807, 2.05) is 0 Å². The molecule has 0 bridgehead atoms. The van der Waals surface area contributed by atoms with Gasteiger partial charge in [0.25, 0.3) is 0 Å². The average Bonchev–Trinajstić information content (AvgIpc) is 2.92. The van der Waals surface area contributed by atoms with Gasteiger partial charge >= 0.3 is 5.97 Å². The fourth-order valence-corrected chi connectivity index (χ4v) is 3.47. The molecule has 21 heavy (non-hydrogen) atoms. The molecule has 6 heteroatoms. The monoisotopic (exact) mass is 375 g/mol. The van der Waals surface area contributed by atoms with Gasteiger partial charge in [-0.05, 0) is 66.0 Å². The quantitative estimate of drug-likeness (QED) is 0.790. The topological polar surface area (TPSA) is 49.8 Å². The number of hydrogen-bond acceptors (Lipinski definition) is 3. The molecule has 0 amide bonds. The molecule has 1 saturated heterocycles. The second-order valence-corrected chi connectivity index (χ2v) is 6.46. The number of likely N-dealkylation sites (tertiary alicyclic amines) is 1. The smallest absolute Gasteiger partial charge is 0.303 e. The van der Waals surface area contributed by atoms with Crippen molar-refractivity contribution >= 4 is 33.5 Å². The number of aliphatic carboxylic acids is 1. The lowest BCUT2D eigenvalue weighted by Crippen LogP contribution is -2.25. The third kappa shape index (κ3) is 5.16. The number of hydrogen-bond donors (Lipinski definition) is 1. The molecule has 1 fully saturated rings. The molecule has 2 rings (SSSR count). The molecule has 0 saturated carbocycles. The fraction of sp³-hybridized carbons (Fsp3) is 0.533. The van der Waals surface area contributed by atoms with E-state index in [4.69, 9.17) is 21.4 Å². The lowest BCUT2D eigenvalue weighted by Gasteiger charge is -2.17. The number of carboxylic acids is 1. The Balaban J connectivity index is 1.99. The second-order valence-electron chi connectivity index (χ2n) is 5.17. The Morgan fingerprint density at radius 1 is 1.38 bits per heavy atom. The zero-order valence-electron chi connectivity index (χ0n) is 11.8. The summed E-state index contributed by atoms with van der Waals surface area (Å²) >= 11 is 9.48. The van der Waals surface area contributed by atoms with Crippen molar-refractivity contribution in [2.24, 2.45) is 0 Å². The van der Waals surface area contributed by atoms with E-state index in [1.54, 1.807) is 12.1 Å². The van der Waals surface area contributed by atoms with Crippen LogP contribution in [0.15, 0.2) is 16.6 Å². The third-order valence-electron chi connectivity index (χ3n) is 3.55. The van der Waals surface area contributed by atoms with Crippen LogP contribution in [0.3, 0.4) is 0 Å². The van der Waals surface area contributed by atoms with Gasteiger partial charge in [-0.25, -0.2) is 0 Å². The highest BCUT2D eigenvalue weighted by Crippen LogP contribution is 2.33. The number of aryl methyl sites for hydroxylation is 1. The maximum atomic E-state index is 10.7. The van der Waals surface area contributed by atoms with Crippen LogP contribution in [0.5, 0.6) is 5.75 Å². The van der Waals surface area contributed by atoms with E-state index in [1.165, 1.54) is 12.8 Å². The van der Waals surface area contributed by atoms with Crippen LogP contribution in [0.25, 0.3) is 0 Å². The minimum atomic E-state index is -0.825. The van der Waals surface area contributed by atoms with Crippen LogP contribution >= 0.6 is 27.5 Å². The normalized spacial score (nSPS) is 15.3. The van der Waals surface area contributed by atoms with Crippen LogP contribution in [0, 0.1) is 0 Å². The molecule has 1 aromatic carbocycles. The van der Waals surface area contributed by atoms with E-state index in [-0.39, 0.29) is 6.42 Å². The van der Waals surface area contributed by atoms with Crippen LogP contribution in [0.1, 0.15) is 24.8 Å². The molecule has 4 nitrogen and oxygen atoms in total. The zero-order chi connectivity index (χ0) is 15.2. The Hall–Kier alpha value is -0.780. The minimum absolute atomic E-state index is 0.0647. The van der Waals surface area contributed by atoms with Crippen molar-refractivity contribution in [3.8, 4) is 5.75 Å². The summed E-state index contributed by atoms with van der Waals surface area (Å²) in [5, 5.41) is 9.41. The molecule has 1 aliphatic heterocycles. The maximum absolute atomic E-state index is 10.7. The summed E-state index contributed by atoms with van der Waals surface area (Å²) in [5.41, 5.74) is 0.832. The van der Waals surface area contributed by atoms with Gasteiger partial charge < -0.3 is 9.84 Å². The zero-order valence-corrected chi connectivity index (χ0v) is 14.1. The van der Waals surface area contributed by atoms with E-state index in [0.29, 0.717) is 23.8 Å². The summed E-state index contributed by atoms with van der Waals surface area (Å²) in [5.74, 6) is -0.117. The summed E-state index contributed by atoms with van der Waals surface area (Å²) < 4.78 is 6.65. The van der Waals surface area contributed by atoms with Gasteiger partial charge in [0.1, 0.15) is 12.4 Å². The molecule has 0 unspecified atom stereocenters. The van der Waals surface area contributed by atoms with Crippen LogP contribution in [0.4, 0.5) is 0 Å². The molecule has 116 valence electrons. The molecule has 0 radical (unpaired) electrons. The molecular formula is C15H19BrClNO3. The van der Waals surface area contributed by atoms with Gasteiger partial charge in [-0.3, -0.25) is 9.69 Å². The second kappa shape index (κ2) is 8.01. The van der Waals surface area contributed by atoms with Crippen molar-refractivity contribution in [3.05, 3.63) is 27.2 Å². The van der Waals surface area contributed by atoms with E-state index >= 15 is 0 Å². The minimum Gasteiger partial charge on any atom is -0.491 e. The van der Waals surface area contributed by atoms with Gasteiger partial charge in [0.2, 0.25) is 0 Å². The number of carbonyl (C=O) groups is 1. The van der Waals surface area contributed by atoms with E-state index in [2.05, 4.69) is 20.8 Å². The Morgan fingerprint density at radius 3 is 2.76 bits per heavy atom. The average molecular weight is 377 g/mol. The lowest BCUT2D eigenvalue weighted by atomic mass is 10.1. The molecule has 1 heterocycles. The highest BCUT2D eigenvalue weighted by atomic mass is 79.9. The van der Waals surface area contributed by atoms with Crippen molar-refractivity contribution in [1.29, 1.82) is 0 Å². The van der Waals surface area contributed by atoms with Crippen molar-refractivity contribution < 1.29 is 14.6 Å². The molecule has 1 aliphatic rings. The Bertz CT molecular complexity index is 504. The SMILES string of the molecule is O=C(O)CCc1cc(Cl)cc(Br)c1OCCN1CCCC1. The first kappa shape index (κ1) is 16.6. The summed E-state index contributed by atoms with van der Waals surface area (Å²) in [6.45, 7) is 3.77. The number of benzene rings is 1. The van der Waals surface area contributed by atoms with Crippen LogP contribution in [-0.4, -0.2) is 42.2 Å². The number of nitrogens with zero attached hydrogens (tertiary/aromatic N) is 1. The molecule has 1 aromatic rings. The first-order valence-electron chi connectivity index (χ1n) is 7.11. The Kier molecular flexibility index (Phi) is 6.33. The van der Waals surface area contributed by atoms with Crippen molar-refractivity contribution in [1.82, 2.24) is 4.90 Å². The highest BCUT2D eigenvalue weighted by Gasteiger charge is 2.14. The van der Waals surface area contributed by atoms with Crippen LogP contribution < -0.4 is 4.74 Å². The van der Waals surface area contributed by atoms with Crippen LogP contribution in [-0.2, 0) is 11.2 Å². The molecule has 0 aromatic heterocycles. The largest absolute Gasteiger partial charge is 0.491 e. The molecule has 0 aliphatic carbocycles. The van der Waals surface area contributed by atoms with Crippen molar-refractivity contribution in [3.63, 3.8) is 0 Å². The van der Waals surface area contributed by atoms with Crippen molar-refractivity contribution in [2.75, 3.05) is 26.2 Å². The number of rotatable bonds is 7. The summed E-state index contributed by atoms with van der Waals surface area (Å²) in [6, 6.07) is 3.55. The first-order chi connectivity index (χ1) is 10.1. The Labute approximate surface area is 138 Å². The lowest BCUT2D eigenvalue weighted by molar-refractivity contribution is -0.136. The molecule has 0 atom stereocenters. The fourth-order valence-electron chi connectivity index (χ4n) is 2.49. The van der Waals surface area contributed by atoms with Crippen LogP contribution in [0.2, 0.25) is 5.02 Å². The van der Waals surface area contributed by atoms with E-state index < -0.39 is 5.97 Å². The predicted molar refractivity (Wildman–Crippen MR) is 86.3 cm³/mol. The number of carboxylic acid groups (broad SMARTS) is 1. The Morgan fingerprint density at radius 2 is 2.10 bits per heavy atom.